The molecule has 0 saturated heterocycles. The van der Waals surface area contributed by atoms with E-state index in [1.807, 2.05) is 0 Å². The van der Waals surface area contributed by atoms with Crippen LogP contribution in [-0.4, -0.2) is 43.6 Å². The first-order chi connectivity index (χ1) is 11.6. The number of hydrogen-bond acceptors (Lipinski definition) is 5. The molecule has 0 atom stereocenters. The van der Waals surface area contributed by atoms with Crippen molar-refractivity contribution >= 4 is 27.6 Å². The highest BCUT2D eigenvalue weighted by atomic mass is 32.2. The lowest BCUT2D eigenvalue weighted by Gasteiger charge is -2.16. The molecule has 1 aromatic heterocycles. The van der Waals surface area contributed by atoms with Gasteiger partial charge in [-0.2, -0.15) is 0 Å². The Morgan fingerprint density at radius 1 is 1.28 bits per heavy atom. The summed E-state index contributed by atoms with van der Waals surface area (Å²) in [4.78, 5) is 24.9. The number of benzene rings is 1. The molecule has 0 aliphatic carbocycles. The lowest BCUT2D eigenvalue weighted by molar-refractivity contribution is 0.0694. The monoisotopic (exact) mass is 366 g/mol. The maximum Gasteiger partial charge on any atom is 0.339 e. The number of carbonyl (C=O) groups is 2. The number of amides is 1. The van der Waals surface area contributed by atoms with Crippen LogP contribution in [0.25, 0.3) is 0 Å². The van der Waals surface area contributed by atoms with Crippen molar-refractivity contribution in [2.24, 2.45) is 0 Å². The maximum absolute atomic E-state index is 12.5. The highest BCUT2D eigenvalue weighted by molar-refractivity contribution is 7.92. The minimum Gasteiger partial charge on any atom is -0.478 e. The number of hydrogen-bond donors (Lipinski definition) is 2. The van der Waals surface area contributed by atoms with Crippen molar-refractivity contribution in [3.8, 4) is 0 Å². The number of carboxylic acid groups (broad SMARTS) is 1. The number of anilines is 1. The summed E-state index contributed by atoms with van der Waals surface area (Å²) in [6, 6.07) is 7.46. The molecule has 0 aliphatic heterocycles. The number of nitrogens with zero attached hydrogens (tertiary/aromatic N) is 1. The van der Waals surface area contributed by atoms with Crippen molar-refractivity contribution in [3.63, 3.8) is 0 Å². The fourth-order valence-corrected chi connectivity index (χ4v) is 2.84. The molecule has 0 fully saturated rings. The van der Waals surface area contributed by atoms with Gasteiger partial charge in [0.15, 0.2) is 0 Å². The number of sulfonamides is 1. The van der Waals surface area contributed by atoms with Crippen LogP contribution in [0.3, 0.4) is 0 Å². The van der Waals surface area contributed by atoms with Gasteiger partial charge in [0.1, 0.15) is 17.1 Å². The lowest BCUT2D eigenvalue weighted by atomic mass is 10.2. The molecule has 0 aliphatic rings. The van der Waals surface area contributed by atoms with Crippen molar-refractivity contribution in [3.05, 3.63) is 53.0 Å². The van der Waals surface area contributed by atoms with Gasteiger partial charge < -0.3 is 14.4 Å². The molecule has 8 nitrogen and oxygen atoms in total. The van der Waals surface area contributed by atoms with Crippen molar-refractivity contribution in [2.75, 3.05) is 18.0 Å². The fourth-order valence-electron chi connectivity index (χ4n) is 2.29. The second kappa shape index (κ2) is 6.98. The summed E-state index contributed by atoms with van der Waals surface area (Å²) >= 11 is 0. The predicted octanol–water partition coefficient (Wildman–Crippen LogP) is 1.93. The standard InChI is InChI=1S/C16H18N2O6S/c1-10-14(16(20)21)8-13(24-10)9-18(2)15(19)11-5-4-6-12(7-11)17-25(3,22)23/h4-8,17H,9H2,1-3H3,(H,20,21). The first-order valence-electron chi connectivity index (χ1n) is 7.23. The van der Waals surface area contributed by atoms with E-state index in [2.05, 4.69) is 4.72 Å². The molecule has 134 valence electrons. The highest BCUT2D eigenvalue weighted by Crippen LogP contribution is 2.18. The third kappa shape index (κ3) is 4.83. The summed E-state index contributed by atoms with van der Waals surface area (Å²) in [5, 5.41) is 9.03. The second-order valence-electron chi connectivity index (χ2n) is 5.60. The van der Waals surface area contributed by atoms with E-state index in [9.17, 15) is 18.0 Å². The second-order valence-corrected chi connectivity index (χ2v) is 7.35. The van der Waals surface area contributed by atoms with Crippen molar-refractivity contribution < 1.29 is 27.5 Å². The molecule has 25 heavy (non-hydrogen) atoms. The Morgan fingerprint density at radius 3 is 2.52 bits per heavy atom. The van der Waals surface area contributed by atoms with E-state index in [0.29, 0.717) is 5.76 Å². The Labute approximate surface area is 145 Å². The third-order valence-electron chi connectivity index (χ3n) is 3.35. The number of nitrogens with one attached hydrogen (secondary N) is 1. The van der Waals surface area contributed by atoms with Crippen LogP contribution in [0.1, 0.15) is 32.2 Å². The van der Waals surface area contributed by atoms with Crippen molar-refractivity contribution in [2.45, 2.75) is 13.5 Å². The molecule has 1 heterocycles. The average molecular weight is 366 g/mol. The van der Waals surface area contributed by atoms with Crippen LogP contribution in [0.2, 0.25) is 0 Å². The van der Waals surface area contributed by atoms with Crippen LogP contribution in [0, 0.1) is 6.92 Å². The molecule has 1 aromatic carbocycles. The van der Waals surface area contributed by atoms with E-state index in [0.717, 1.165) is 6.26 Å². The number of rotatable bonds is 6. The Bertz CT molecular complexity index is 916. The van der Waals surface area contributed by atoms with Crippen molar-refractivity contribution in [1.29, 1.82) is 0 Å². The van der Waals surface area contributed by atoms with Gasteiger partial charge in [-0.05, 0) is 31.2 Å². The number of carboxylic acids is 1. The molecule has 0 radical (unpaired) electrons. The third-order valence-corrected chi connectivity index (χ3v) is 3.96. The zero-order chi connectivity index (χ0) is 18.8. The minimum absolute atomic E-state index is 0.0511. The molecule has 0 saturated carbocycles. The summed E-state index contributed by atoms with van der Waals surface area (Å²) in [6.07, 6.45) is 1.02. The van der Waals surface area contributed by atoms with Crippen LogP contribution >= 0.6 is 0 Å². The van der Waals surface area contributed by atoms with Crippen LogP contribution in [-0.2, 0) is 16.6 Å². The van der Waals surface area contributed by atoms with Crippen LogP contribution < -0.4 is 4.72 Å². The van der Waals surface area contributed by atoms with E-state index in [-0.39, 0.29) is 35.0 Å². The number of carbonyl (C=O) groups excluding carboxylic acids is 1. The average Bonchev–Trinajstić information content (AvgIpc) is 2.85. The lowest BCUT2D eigenvalue weighted by Crippen LogP contribution is -2.26. The zero-order valence-electron chi connectivity index (χ0n) is 13.9. The normalized spacial score (nSPS) is 11.2. The van der Waals surface area contributed by atoms with Crippen LogP contribution in [0.15, 0.2) is 34.7 Å². The highest BCUT2D eigenvalue weighted by Gasteiger charge is 2.18. The Hall–Kier alpha value is -2.81. The Kier molecular flexibility index (Phi) is 5.17. The summed E-state index contributed by atoms with van der Waals surface area (Å²) in [7, 11) is -1.91. The first kappa shape index (κ1) is 18.5. The first-order valence-corrected chi connectivity index (χ1v) is 9.12. The quantitative estimate of drug-likeness (QED) is 0.807. The molecule has 2 rings (SSSR count). The van der Waals surface area contributed by atoms with Gasteiger partial charge in [0.05, 0.1) is 12.8 Å². The molecule has 0 spiro atoms. The van der Waals surface area contributed by atoms with E-state index >= 15 is 0 Å². The molecular weight excluding hydrogens is 348 g/mol. The summed E-state index contributed by atoms with van der Waals surface area (Å²) in [5.74, 6) is -0.844. The maximum atomic E-state index is 12.5. The molecular formula is C16H18N2O6S. The Morgan fingerprint density at radius 2 is 1.96 bits per heavy atom. The summed E-state index contributed by atoms with van der Waals surface area (Å²) in [5.41, 5.74) is 0.622. The van der Waals surface area contributed by atoms with Gasteiger partial charge >= 0.3 is 5.97 Å². The van der Waals surface area contributed by atoms with Gasteiger partial charge in [0, 0.05) is 18.3 Å². The van der Waals surface area contributed by atoms with Gasteiger partial charge in [0.2, 0.25) is 10.0 Å². The topological polar surface area (TPSA) is 117 Å². The van der Waals surface area contributed by atoms with E-state index in [1.54, 1.807) is 12.1 Å². The molecule has 0 bridgehead atoms. The number of furan rings is 1. The number of aromatic carboxylic acids is 1. The zero-order valence-corrected chi connectivity index (χ0v) is 14.8. The predicted molar refractivity (Wildman–Crippen MR) is 91.1 cm³/mol. The fraction of sp³-hybridized carbons (Fsp3) is 0.250. The van der Waals surface area contributed by atoms with Crippen LogP contribution in [0.4, 0.5) is 5.69 Å². The van der Waals surface area contributed by atoms with E-state index in [4.69, 9.17) is 9.52 Å². The number of aryl methyl sites for hydroxylation is 1. The van der Waals surface area contributed by atoms with Crippen molar-refractivity contribution in [1.82, 2.24) is 4.90 Å². The van der Waals surface area contributed by atoms with E-state index < -0.39 is 16.0 Å². The van der Waals surface area contributed by atoms with Crippen LogP contribution in [0.5, 0.6) is 0 Å². The summed E-state index contributed by atoms with van der Waals surface area (Å²) in [6.45, 7) is 1.62. The van der Waals surface area contributed by atoms with Gasteiger partial charge in [-0.3, -0.25) is 9.52 Å². The minimum atomic E-state index is -3.44. The van der Waals surface area contributed by atoms with Gasteiger partial charge in [-0.1, -0.05) is 6.07 Å². The molecule has 9 heteroatoms. The summed E-state index contributed by atoms with van der Waals surface area (Å²) < 4.78 is 30.2. The van der Waals surface area contributed by atoms with Gasteiger partial charge in [-0.25, -0.2) is 13.2 Å². The smallest absolute Gasteiger partial charge is 0.339 e. The van der Waals surface area contributed by atoms with Gasteiger partial charge in [0.25, 0.3) is 5.91 Å². The SMILES string of the molecule is Cc1oc(CN(C)C(=O)c2cccc(NS(C)(=O)=O)c2)cc1C(=O)O. The molecule has 2 N–H and O–H groups in total. The molecule has 0 unspecified atom stereocenters. The van der Waals surface area contributed by atoms with Gasteiger partial charge in [-0.15, -0.1) is 0 Å². The van der Waals surface area contributed by atoms with E-state index in [1.165, 1.54) is 37.1 Å². The largest absolute Gasteiger partial charge is 0.478 e. The molecule has 2 aromatic rings. The molecule has 1 amide bonds. The Balaban J connectivity index is 2.16.